The Morgan fingerprint density at radius 3 is 2.79 bits per heavy atom. The van der Waals surface area contributed by atoms with Gasteiger partial charge in [0.1, 0.15) is 12.0 Å². The molecule has 3 N–H and O–H groups in total. The molecule has 10 heteroatoms. The average molecular weight is 381 g/mol. The lowest BCUT2D eigenvalue weighted by molar-refractivity contribution is 0.0142. The average Bonchev–Trinajstić information content (AvgIpc) is 3.37. The molecule has 0 amide bonds. The Bertz CT molecular complexity index is 961. The number of pyridine rings is 1. The van der Waals surface area contributed by atoms with Crippen molar-refractivity contribution in [1.29, 1.82) is 0 Å². The molecular formula is C18H19N7O3. The van der Waals surface area contributed by atoms with E-state index in [1.54, 1.807) is 23.3 Å². The molecule has 1 unspecified atom stereocenters. The minimum atomic E-state index is -0.418. The second-order valence-electron chi connectivity index (χ2n) is 5.98. The van der Waals surface area contributed by atoms with E-state index in [0.29, 0.717) is 28.7 Å². The van der Waals surface area contributed by atoms with Crippen LogP contribution in [0.1, 0.15) is 0 Å². The van der Waals surface area contributed by atoms with Gasteiger partial charge in [0.2, 0.25) is 5.95 Å². The highest BCUT2D eigenvalue weighted by atomic mass is 16.5. The summed E-state index contributed by atoms with van der Waals surface area (Å²) >= 11 is 0. The molecule has 3 aromatic heterocycles. The zero-order chi connectivity index (χ0) is 19.3. The number of hydrogen-bond donors (Lipinski definition) is 3. The molecule has 0 bridgehead atoms. The lowest BCUT2D eigenvalue weighted by Crippen LogP contribution is -2.37. The summed E-state index contributed by atoms with van der Waals surface area (Å²) in [7, 11) is 1.85. The molecule has 1 atom stereocenters. The van der Waals surface area contributed by atoms with Gasteiger partial charge in [0.15, 0.2) is 6.23 Å². The highest BCUT2D eigenvalue weighted by Gasteiger charge is 2.23. The van der Waals surface area contributed by atoms with Crippen molar-refractivity contribution in [3.63, 3.8) is 0 Å². The summed E-state index contributed by atoms with van der Waals surface area (Å²) in [6.45, 7) is 0.152. The molecule has 0 fully saturated rings. The summed E-state index contributed by atoms with van der Waals surface area (Å²) in [6, 6.07) is 9.15. The van der Waals surface area contributed by atoms with E-state index >= 15 is 0 Å². The third-order valence-electron chi connectivity index (χ3n) is 3.94. The number of aromatic nitrogens is 4. The van der Waals surface area contributed by atoms with Crippen molar-refractivity contribution >= 4 is 5.95 Å². The maximum atomic E-state index is 8.97. The van der Waals surface area contributed by atoms with E-state index in [1.165, 1.54) is 6.26 Å². The van der Waals surface area contributed by atoms with Crippen LogP contribution in [0.3, 0.4) is 0 Å². The fourth-order valence-corrected chi connectivity index (χ4v) is 2.72. The predicted molar refractivity (Wildman–Crippen MR) is 100 cm³/mol. The molecule has 0 aliphatic carbocycles. The first-order valence-electron chi connectivity index (χ1n) is 8.64. The van der Waals surface area contributed by atoms with Gasteiger partial charge < -0.3 is 24.7 Å². The van der Waals surface area contributed by atoms with Gasteiger partial charge in [0, 0.05) is 25.5 Å². The van der Waals surface area contributed by atoms with Gasteiger partial charge in [0.25, 0.3) is 0 Å². The van der Waals surface area contributed by atoms with Gasteiger partial charge in [-0.05, 0) is 18.2 Å². The van der Waals surface area contributed by atoms with Gasteiger partial charge in [-0.25, -0.2) is 20.4 Å². The van der Waals surface area contributed by atoms with Crippen LogP contribution in [0.5, 0.6) is 0 Å². The van der Waals surface area contributed by atoms with Crippen LogP contribution in [0.15, 0.2) is 59.2 Å². The van der Waals surface area contributed by atoms with Crippen molar-refractivity contribution < 1.29 is 14.4 Å². The van der Waals surface area contributed by atoms with Crippen molar-refractivity contribution in [3.8, 4) is 22.8 Å². The van der Waals surface area contributed by atoms with Crippen molar-refractivity contribution in [2.45, 2.75) is 6.23 Å². The third kappa shape index (κ3) is 3.98. The van der Waals surface area contributed by atoms with Crippen molar-refractivity contribution in [2.75, 3.05) is 25.6 Å². The van der Waals surface area contributed by atoms with Gasteiger partial charge in [-0.3, -0.25) is 0 Å². The molecule has 0 spiro atoms. The van der Waals surface area contributed by atoms with E-state index < -0.39 is 6.23 Å². The molecule has 4 heterocycles. The minimum Gasteiger partial charge on any atom is -0.394 e. The Morgan fingerprint density at radius 1 is 1.18 bits per heavy atom. The second kappa shape index (κ2) is 8.13. The first-order valence-corrected chi connectivity index (χ1v) is 8.64. The number of aliphatic hydroxyl groups is 1. The van der Waals surface area contributed by atoms with E-state index in [-0.39, 0.29) is 13.2 Å². The van der Waals surface area contributed by atoms with E-state index in [2.05, 4.69) is 30.9 Å². The normalized spacial score (nSPS) is 16.3. The molecule has 1 aliphatic heterocycles. The van der Waals surface area contributed by atoms with E-state index in [1.807, 2.05) is 31.4 Å². The van der Waals surface area contributed by atoms with Crippen LogP contribution in [0.2, 0.25) is 0 Å². The lowest BCUT2D eigenvalue weighted by atomic mass is 10.2. The SMILES string of the molecule is CN1C=C(Nc2nccc(-c3cccc(-c4ccon4)n3)n2)C(OCCO)N1. The fraction of sp³-hybridized carbons (Fsp3) is 0.222. The minimum absolute atomic E-state index is 0.0608. The third-order valence-corrected chi connectivity index (χ3v) is 3.94. The lowest BCUT2D eigenvalue weighted by Gasteiger charge is -2.17. The quantitative estimate of drug-likeness (QED) is 0.551. The summed E-state index contributed by atoms with van der Waals surface area (Å²) in [5.41, 5.74) is 6.53. The summed E-state index contributed by atoms with van der Waals surface area (Å²) in [5.74, 6) is 0.409. The second-order valence-corrected chi connectivity index (χ2v) is 5.98. The largest absolute Gasteiger partial charge is 0.394 e. The summed E-state index contributed by atoms with van der Waals surface area (Å²) < 4.78 is 10.4. The molecule has 0 saturated heterocycles. The standard InChI is InChI=1S/C18H19N7O3/c1-25-11-16(17(23-25)27-10-8-26)22-18-19-7-5-14(21-18)12-3-2-4-13(20-12)15-6-9-28-24-15/h2-7,9,11,17,23,26H,8,10H2,1H3,(H,19,21,22). The zero-order valence-electron chi connectivity index (χ0n) is 15.1. The number of nitrogens with one attached hydrogen (secondary N) is 2. The van der Waals surface area contributed by atoms with E-state index in [9.17, 15) is 0 Å². The Labute approximate surface area is 160 Å². The number of aliphatic hydroxyl groups excluding tert-OH is 1. The first-order chi connectivity index (χ1) is 13.7. The number of rotatable bonds is 7. The smallest absolute Gasteiger partial charge is 0.227 e. The Morgan fingerprint density at radius 2 is 2.00 bits per heavy atom. The van der Waals surface area contributed by atoms with Crippen LogP contribution in [-0.2, 0) is 4.74 Å². The van der Waals surface area contributed by atoms with E-state index in [4.69, 9.17) is 14.4 Å². The highest BCUT2D eigenvalue weighted by Crippen LogP contribution is 2.21. The molecule has 0 aromatic carbocycles. The van der Waals surface area contributed by atoms with Gasteiger partial charge in [0.05, 0.1) is 36.0 Å². The number of anilines is 1. The molecule has 0 radical (unpaired) electrons. The molecule has 4 rings (SSSR count). The van der Waals surface area contributed by atoms with Crippen LogP contribution in [0, 0.1) is 0 Å². The zero-order valence-corrected chi connectivity index (χ0v) is 15.1. The maximum Gasteiger partial charge on any atom is 0.227 e. The Balaban J connectivity index is 1.55. The van der Waals surface area contributed by atoms with Gasteiger partial charge in [-0.15, -0.1) is 0 Å². The van der Waals surface area contributed by atoms with Gasteiger partial charge in [-0.1, -0.05) is 11.2 Å². The van der Waals surface area contributed by atoms with Crippen LogP contribution in [-0.4, -0.2) is 56.7 Å². The Hall–Kier alpha value is -3.34. The van der Waals surface area contributed by atoms with Gasteiger partial charge in [-0.2, -0.15) is 0 Å². The molecule has 1 aliphatic rings. The maximum absolute atomic E-state index is 8.97. The molecule has 144 valence electrons. The topological polar surface area (TPSA) is 121 Å². The number of nitrogens with zero attached hydrogens (tertiary/aromatic N) is 5. The molecule has 28 heavy (non-hydrogen) atoms. The fourth-order valence-electron chi connectivity index (χ4n) is 2.72. The molecule has 0 saturated carbocycles. The first kappa shape index (κ1) is 18.0. The van der Waals surface area contributed by atoms with E-state index in [0.717, 1.165) is 5.70 Å². The van der Waals surface area contributed by atoms with Crippen LogP contribution in [0.25, 0.3) is 22.8 Å². The Kier molecular flexibility index (Phi) is 5.24. The van der Waals surface area contributed by atoms with Crippen LogP contribution < -0.4 is 10.7 Å². The summed E-state index contributed by atoms with van der Waals surface area (Å²) in [6.07, 6.45) is 4.58. The number of ether oxygens (including phenoxy) is 1. The molecule has 10 nitrogen and oxygen atoms in total. The summed E-state index contributed by atoms with van der Waals surface area (Å²) in [4.78, 5) is 13.4. The molecular weight excluding hydrogens is 362 g/mol. The van der Waals surface area contributed by atoms with Gasteiger partial charge >= 0.3 is 0 Å². The summed E-state index contributed by atoms with van der Waals surface area (Å²) in [5, 5.41) is 17.8. The molecule has 3 aromatic rings. The predicted octanol–water partition coefficient (Wildman–Crippen LogP) is 1.23. The highest BCUT2D eigenvalue weighted by molar-refractivity contribution is 5.62. The number of hydrazine groups is 1. The monoisotopic (exact) mass is 381 g/mol. The van der Waals surface area contributed by atoms with Crippen LogP contribution in [0.4, 0.5) is 5.95 Å². The van der Waals surface area contributed by atoms with Crippen LogP contribution >= 0.6 is 0 Å². The van der Waals surface area contributed by atoms with Crippen molar-refractivity contribution in [3.05, 3.63) is 54.7 Å². The van der Waals surface area contributed by atoms with Crippen molar-refractivity contribution in [2.24, 2.45) is 0 Å². The number of hydrogen-bond acceptors (Lipinski definition) is 10. The van der Waals surface area contributed by atoms with Crippen molar-refractivity contribution in [1.82, 2.24) is 30.5 Å².